The maximum absolute atomic E-state index is 13.9. The molecule has 1 aliphatic carbocycles. The molecule has 6 heteroatoms. The minimum absolute atomic E-state index is 0.173. The molecule has 0 amide bonds. The van der Waals surface area contributed by atoms with Gasteiger partial charge in [0.25, 0.3) is 0 Å². The van der Waals surface area contributed by atoms with Crippen LogP contribution in [-0.4, -0.2) is 21.4 Å². The van der Waals surface area contributed by atoms with Gasteiger partial charge in [-0.2, -0.15) is 0 Å². The van der Waals surface area contributed by atoms with Crippen molar-refractivity contribution in [3.63, 3.8) is 0 Å². The van der Waals surface area contributed by atoms with E-state index in [0.717, 1.165) is 29.6 Å². The van der Waals surface area contributed by atoms with Crippen molar-refractivity contribution in [2.24, 2.45) is 0 Å². The lowest BCUT2D eigenvalue weighted by atomic mass is 9.88. The first-order valence-corrected chi connectivity index (χ1v) is 9.30. The highest BCUT2D eigenvalue weighted by atomic mass is 19.2. The van der Waals surface area contributed by atoms with E-state index in [1.807, 2.05) is 11.1 Å². The summed E-state index contributed by atoms with van der Waals surface area (Å²) in [5, 5.41) is 0. The van der Waals surface area contributed by atoms with Crippen molar-refractivity contribution < 1.29 is 13.2 Å². The van der Waals surface area contributed by atoms with Crippen LogP contribution in [0.2, 0.25) is 0 Å². The Morgan fingerprint density at radius 1 is 1.00 bits per heavy atom. The van der Waals surface area contributed by atoms with Crippen LogP contribution in [0.5, 0.6) is 0 Å². The fourth-order valence-electron chi connectivity index (χ4n) is 4.01. The lowest BCUT2D eigenvalue weighted by Gasteiger charge is -2.29. The standard InChI is InChI=1S/C20H22F3N3/c21-16-9-18(23)17(22)8-14(16)11-26-7-6-19-15(12-26)10-24-20(25-19)13-4-2-1-3-5-13/h8-10,13H,1-7,11-12H2. The van der Waals surface area contributed by atoms with Crippen molar-refractivity contribution in [3.05, 3.63) is 58.4 Å². The second-order valence-corrected chi connectivity index (χ2v) is 7.35. The first-order chi connectivity index (χ1) is 12.6. The number of aromatic nitrogens is 2. The molecule has 0 atom stereocenters. The van der Waals surface area contributed by atoms with Gasteiger partial charge in [0.05, 0.1) is 0 Å². The molecule has 0 saturated heterocycles. The predicted octanol–water partition coefficient (Wildman–Crippen LogP) is 4.50. The summed E-state index contributed by atoms with van der Waals surface area (Å²) in [5.74, 6) is -1.44. The third kappa shape index (κ3) is 3.61. The number of hydrogen-bond acceptors (Lipinski definition) is 3. The number of hydrogen-bond donors (Lipinski definition) is 0. The number of fused-ring (bicyclic) bond motifs is 1. The SMILES string of the molecule is Fc1cc(F)c(CN2CCc3nc(C4CCCCC4)ncc3C2)cc1F. The molecule has 4 rings (SSSR count). The molecule has 26 heavy (non-hydrogen) atoms. The van der Waals surface area contributed by atoms with E-state index in [-0.39, 0.29) is 12.1 Å². The van der Waals surface area contributed by atoms with Gasteiger partial charge in [-0.1, -0.05) is 19.3 Å². The molecule has 1 saturated carbocycles. The van der Waals surface area contributed by atoms with Crippen molar-refractivity contribution in [2.75, 3.05) is 6.54 Å². The molecule has 0 N–H and O–H groups in total. The molecule has 0 bridgehead atoms. The normalized spacial score (nSPS) is 18.7. The van der Waals surface area contributed by atoms with Crippen LogP contribution in [-0.2, 0) is 19.5 Å². The van der Waals surface area contributed by atoms with Gasteiger partial charge in [-0.3, -0.25) is 4.90 Å². The monoisotopic (exact) mass is 361 g/mol. The average molecular weight is 361 g/mol. The summed E-state index contributed by atoms with van der Waals surface area (Å²) in [7, 11) is 0. The number of rotatable bonds is 3. The zero-order chi connectivity index (χ0) is 18.1. The van der Waals surface area contributed by atoms with E-state index in [2.05, 4.69) is 4.98 Å². The highest BCUT2D eigenvalue weighted by molar-refractivity contribution is 5.24. The van der Waals surface area contributed by atoms with E-state index in [0.29, 0.717) is 25.1 Å². The molecular weight excluding hydrogens is 339 g/mol. The van der Waals surface area contributed by atoms with Crippen molar-refractivity contribution in [3.8, 4) is 0 Å². The minimum atomic E-state index is -1.15. The minimum Gasteiger partial charge on any atom is -0.294 e. The predicted molar refractivity (Wildman–Crippen MR) is 92.0 cm³/mol. The largest absolute Gasteiger partial charge is 0.294 e. The molecule has 0 spiro atoms. The van der Waals surface area contributed by atoms with Gasteiger partial charge < -0.3 is 0 Å². The zero-order valence-electron chi connectivity index (χ0n) is 14.6. The van der Waals surface area contributed by atoms with Crippen molar-refractivity contribution >= 4 is 0 Å². The van der Waals surface area contributed by atoms with E-state index >= 15 is 0 Å². The molecule has 3 nitrogen and oxygen atoms in total. The molecule has 138 valence electrons. The van der Waals surface area contributed by atoms with E-state index in [1.54, 1.807) is 0 Å². The lowest BCUT2D eigenvalue weighted by molar-refractivity contribution is 0.238. The second-order valence-electron chi connectivity index (χ2n) is 7.35. The highest BCUT2D eigenvalue weighted by Gasteiger charge is 2.23. The van der Waals surface area contributed by atoms with Crippen LogP contribution in [0.3, 0.4) is 0 Å². The van der Waals surface area contributed by atoms with Crippen LogP contribution in [0.4, 0.5) is 13.2 Å². The van der Waals surface area contributed by atoms with E-state index in [4.69, 9.17) is 4.98 Å². The second kappa shape index (κ2) is 7.35. The number of benzene rings is 1. The first kappa shape index (κ1) is 17.5. The summed E-state index contributed by atoms with van der Waals surface area (Å²) >= 11 is 0. The molecule has 1 aromatic heterocycles. The fourth-order valence-corrected chi connectivity index (χ4v) is 4.01. The molecular formula is C20H22F3N3. The molecule has 2 heterocycles. The van der Waals surface area contributed by atoms with Crippen LogP contribution in [0.15, 0.2) is 18.3 Å². The van der Waals surface area contributed by atoms with Crippen molar-refractivity contribution in [1.29, 1.82) is 0 Å². The van der Waals surface area contributed by atoms with Gasteiger partial charge in [-0.05, 0) is 18.9 Å². The lowest BCUT2D eigenvalue weighted by Crippen LogP contribution is -2.31. The Bertz CT molecular complexity index is 803. The maximum Gasteiger partial charge on any atom is 0.161 e. The Kier molecular flexibility index (Phi) is 4.94. The summed E-state index contributed by atoms with van der Waals surface area (Å²) in [4.78, 5) is 11.4. The molecule has 2 aliphatic rings. The van der Waals surface area contributed by atoms with Crippen molar-refractivity contribution in [1.82, 2.24) is 14.9 Å². The molecule has 1 fully saturated rings. The first-order valence-electron chi connectivity index (χ1n) is 9.30. The number of nitrogens with zero attached hydrogens (tertiary/aromatic N) is 3. The summed E-state index contributed by atoms with van der Waals surface area (Å²) in [6.07, 6.45) is 8.79. The average Bonchev–Trinajstić information content (AvgIpc) is 2.66. The van der Waals surface area contributed by atoms with Crippen LogP contribution in [0, 0.1) is 17.5 Å². The van der Waals surface area contributed by atoms with Gasteiger partial charge in [0.1, 0.15) is 11.6 Å². The topological polar surface area (TPSA) is 29.0 Å². The summed E-state index contributed by atoms with van der Waals surface area (Å²) in [5.41, 5.74) is 2.29. The van der Waals surface area contributed by atoms with Gasteiger partial charge >= 0.3 is 0 Å². The van der Waals surface area contributed by atoms with Gasteiger partial charge in [-0.25, -0.2) is 23.1 Å². The molecule has 1 aliphatic heterocycles. The Balaban J connectivity index is 1.47. The van der Waals surface area contributed by atoms with E-state index in [1.165, 1.54) is 32.1 Å². The summed E-state index contributed by atoms with van der Waals surface area (Å²) in [6.45, 7) is 1.55. The van der Waals surface area contributed by atoms with Crippen LogP contribution in [0.25, 0.3) is 0 Å². The van der Waals surface area contributed by atoms with E-state index < -0.39 is 17.5 Å². The molecule has 0 radical (unpaired) electrons. The molecule has 1 aromatic carbocycles. The number of halogens is 3. The third-order valence-corrected chi connectivity index (χ3v) is 5.49. The zero-order valence-corrected chi connectivity index (χ0v) is 14.6. The van der Waals surface area contributed by atoms with Crippen molar-refractivity contribution in [2.45, 2.75) is 57.5 Å². The third-order valence-electron chi connectivity index (χ3n) is 5.49. The maximum atomic E-state index is 13.9. The Hall–Kier alpha value is -1.95. The highest BCUT2D eigenvalue weighted by Crippen LogP contribution is 2.31. The summed E-state index contributed by atoms with van der Waals surface area (Å²) in [6, 6.07) is 1.56. The Labute approximate surface area is 151 Å². The van der Waals surface area contributed by atoms with Crippen LogP contribution >= 0.6 is 0 Å². The summed E-state index contributed by atoms with van der Waals surface area (Å²) < 4.78 is 40.4. The Morgan fingerprint density at radius 3 is 2.58 bits per heavy atom. The molecule has 2 aromatic rings. The fraction of sp³-hybridized carbons (Fsp3) is 0.500. The Morgan fingerprint density at radius 2 is 1.77 bits per heavy atom. The quantitative estimate of drug-likeness (QED) is 0.754. The van der Waals surface area contributed by atoms with Gasteiger partial charge in [-0.15, -0.1) is 0 Å². The van der Waals surface area contributed by atoms with E-state index in [9.17, 15) is 13.2 Å². The smallest absolute Gasteiger partial charge is 0.161 e. The van der Waals surface area contributed by atoms with Crippen LogP contribution < -0.4 is 0 Å². The molecule has 0 unspecified atom stereocenters. The van der Waals surface area contributed by atoms with Gasteiger partial charge in [0.15, 0.2) is 11.6 Å². The van der Waals surface area contributed by atoms with Gasteiger partial charge in [0.2, 0.25) is 0 Å². The van der Waals surface area contributed by atoms with Crippen LogP contribution in [0.1, 0.15) is 60.7 Å². The van der Waals surface area contributed by atoms with Gasteiger partial charge in [0, 0.05) is 61.1 Å².